The lowest BCUT2D eigenvalue weighted by Gasteiger charge is -2.24. The highest BCUT2D eigenvalue weighted by molar-refractivity contribution is 9.10. The first-order valence-electron chi connectivity index (χ1n) is 8.29. The first kappa shape index (κ1) is 21.2. The molecule has 0 heterocycles. The summed E-state index contributed by atoms with van der Waals surface area (Å²) < 4.78 is 31.5. The molecule has 2 rings (SSSR count). The molecule has 146 valence electrons. The Morgan fingerprint density at radius 2 is 1.85 bits per heavy atom. The van der Waals surface area contributed by atoms with Crippen molar-refractivity contribution in [3.8, 4) is 5.75 Å². The number of nitrogens with zero attached hydrogens (tertiary/aromatic N) is 1. The van der Waals surface area contributed by atoms with Crippen LogP contribution >= 0.6 is 15.9 Å². The van der Waals surface area contributed by atoms with E-state index in [0.29, 0.717) is 5.69 Å². The van der Waals surface area contributed by atoms with Gasteiger partial charge in [-0.1, -0.05) is 28.1 Å². The average Bonchev–Trinajstić information content (AvgIpc) is 2.61. The normalized spacial score (nSPS) is 12.3. The van der Waals surface area contributed by atoms with Crippen LogP contribution in [-0.4, -0.2) is 34.2 Å². The molecule has 0 aliphatic carbocycles. The van der Waals surface area contributed by atoms with Crippen LogP contribution in [-0.2, 0) is 14.8 Å². The molecule has 2 aromatic carbocycles. The lowest BCUT2D eigenvalue weighted by Crippen LogP contribution is -2.41. The van der Waals surface area contributed by atoms with Gasteiger partial charge >= 0.3 is 0 Å². The lowest BCUT2D eigenvalue weighted by molar-refractivity contribution is -0.120. The molecule has 6 nitrogen and oxygen atoms in total. The second-order valence-corrected chi connectivity index (χ2v) is 9.03. The molecule has 27 heavy (non-hydrogen) atoms. The van der Waals surface area contributed by atoms with E-state index < -0.39 is 10.0 Å². The van der Waals surface area contributed by atoms with E-state index in [2.05, 4.69) is 21.2 Å². The van der Waals surface area contributed by atoms with Gasteiger partial charge in [0.1, 0.15) is 12.3 Å². The van der Waals surface area contributed by atoms with Crippen LogP contribution in [0.2, 0.25) is 0 Å². The number of amides is 1. The molecule has 1 unspecified atom stereocenters. The quantitative estimate of drug-likeness (QED) is 0.695. The number of rotatable bonds is 7. The number of carbonyl (C=O) groups excluding carboxylic acids is 1. The van der Waals surface area contributed by atoms with E-state index in [0.717, 1.165) is 31.9 Å². The SMILES string of the molecule is COc1ccc(C(C)NC(=O)CN(c2ccc(Br)c(C)c2)S(C)(=O)=O)cc1. The van der Waals surface area contributed by atoms with Gasteiger partial charge in [0, 0.05) is 4.47 Å². The van der Waals surface area contributed by atoms with Crippen molar-refractivity contribution in [2.75, 3.05) is 24.2 Å². The minimum absolute atomic E-state index is 0.267. The molecule has 0 bridgehead atoms. The summed E-state index contributed by atoms with van der Waals surface area (Å²) in [5.74, 6) is 0.343. The summed E-state index contributed by atoms with van der Waals surface area (Å²) >= 11 is 3.39. The predicted molar refractivity (Wildman–Crippen MR) is 111 cm³/mol. The van der Waals surface area contributed by atoms with Crippen LogP contribution in [0, 0.1) is 6.92 Å². The first-order valence-corrected chi connectivity index (χ1v) is 10.9. The fourth-order valence-corrected chi connectivity index (χ4v) is 3.67. The Labute approximate surface area is 168 Å². The maximum absolute atomic E-state index is 12.5. The highest BCUT2D eigenvalue weighted by atomic mass is 79.9. The Morgan fingerprint density at radius 1 is 1.22 bits per heavy atom. The number of ether oxygens (including phenoxy) is 1. The van der Waals surface area contributed by atoms with Gasteiger partial charge in [0.05, 0.1) is 25.1 Å². The molecular formula is C19H23BrN2O4S. The van der Waals surface area contributed by atoms with Gasteiger partial charge in [0.25, 0.3) is 0 Å². The van der Waals surface area contributed by atoms with Crippen LogP contribution in [0.1, 0.15) is 24.1 Å². The molecule has 0 saturated heterocycles. The number of carbonyl (C=O) groups is 1. The molecule has 0 fully saturated rings. The van der Waals surface area contributed by atoms with E-state index in [9.17, 15) is 13.2 Å². The zero-order chi connectivity index (χ0) is 20.2. The van der Waals surface area contributed by atoms with Gasteiger partial charge in [-0.25, -0.2) is 8.42 Å². The second kappa shape index (κ2) is 8.75. The highest BCUT2D eigenvalue weighted by Crippen LogP contribution is 2.24. The van der Waals surface area contributed by atoms with Crippen LogP contribution < -0.4 is 14.4 Å². The van der Waals surface area contributed by atoms with Crippen molar-refractivity contribution in [1.82, 2.24) is 5.32 Å². The van der Waals surface area contributed by atoms with E-state index >= 15 is 0 Å². The number of hydrogen-bond donors (Lipinski definition) is 1. The molecule has 1 N–H and O–H groups in total. The number of anilines is 1. The van der Waals surface area contributed by atoms with Gasteiger partial charge in [0.2, 0.25) is 15.9 Å². The Balaban J connectivity index is 2.14. The number of nitrogens with one attached hydrogen (secondary N) is 1. The van der Waals surface area contributed by atoms with Gasteiger partial charge in [-0.3, -0.25) is 9.10 Å². The van der Waals surface area contributed by atoms with Crippen molar-refractivity contribution in [2.45, 2.75) is 19.9 Å². The number of sulfonamides is 1. The van der Waals surface area contributed by atoms with E-state index in [4.69, 9.17) is 4.74 Å². The van der Waals surface area contributed by atoms with Crippen molar-refractivity contribution in [1.29, 1.82) is 0 Å². The Kier molecular flexibility index (Phi) is 6.89. The molecule has 1 atom stereocenters. The molecule has 2 aromatic rings. The molecule has 0 spiro atoms. The van der Waals surface area contributed by atoms with E-state index in [1.165, 1.54) is 0 Å². The third kappa shape index (κ3) is 5.71. The smallest absolute Gasteiger partial charge is 0.241 e. The summed E-state index contributed by atoms with van der Waals surface area (Å²) in [7, 11) is -2.02. The van der Waals surface area contributed by atoms with Crippen LogP contribution in [0.25, 0.3) is 0 Å². The summed E-state index contributed by atoms with van der Waals surface area (Å²) in [6, 6.07) is 12.2. The molecule has 0 radical (unpaired) electrons. The minimum atomic E-state index is -3.61. The largest absolute Gasteiger partial charge is 0.497 e. The van der Waals surface area contributed by atoms with Gasteiger partial charge in [-0.05, 0) is 55.3 Å². The summed E-state index contributed by atoms with van der Waals surface area (Å²) in [4.78, 5) is 12.5. The van der Waals surface area contributed by atoms with Crippen molar-refractivity contribution in [3.05, 3.63) is 58.1 Å². The zero-order valence-electron chi connectivity index (χ0n) is 15.7. The number of hydrogen-bond acceptors (Lipinski definition) is 4. The van der Waals surface area contributed by atoms with E-state index in [1.807, 2.05) is 38.1 Å². The first-order chi connectivity index (χ1) is 12.6. The number of benzene rings is 2. The van der Waals surface area contributed by atoms with E-state index in [-0.39, 0.29) is 18.5 Å². The Morgan fingerprint density at radius 3 is 2.37 bits per heavy atom. The molecule has 8 heteroatoms. The minimum Gasteiger partial charge on any atom is -0.497 e. The van der Waals surface area contributed by atoms with Crippen LogP contribution in [0.3, 0.4) is 0 Å². The van der Waals surface area contributed by atoms with Crippen molar-refractivity contribution in [3.63, 3.8) is 0 Å². The highest BCUT2D eigenvalue weighted by Gasteiger charge is 2.22. The van der Waals surface area contributed by atoms with Crippen molar-refractivity contribution >= 4 is 37.5 Å². The van der Waals surface area contributed by atoms with Gasteiger partial charge in [-0.2, -0.15) is 0 Å². The van der Waals surface area contributed by atoms with Gasteiger partial charge in [-0.15, -0.1) is 0 Å². The van der Waals surface area contributed by atoms with Crippen LogP contribution in [0.15, 0.2) is 46.9 Å². The number of halogens is 1. The second-order valence-electron chi connectivity index (χ2n) is 6.27. The molecule has 0 aliphatic heterocycles. The molecule has 1 amide bonds. The summed E-state index contributed by atoms with van der Waals surface area (Å²) in [6.45, 7) is 3.41. The van der Waals surface area contributed by atoms with Crippen LogP contribution in [0.5, 0.6) is 5.75 Å². The Bertz CT molecular complexity index is 914. The third-order valence-corrected chi connectivity index (χ3v) is 6.14. The fraction of sp³-hybridized carbons (Fsp3) is 0.316. The van der Waals surface area contributed by atoms with Crippen LogP contribution in [0.4, 0.5) is 5.69 Å². The standard InChI is InChI=1S/C19H23BrN2O4S/c1-13-11-16(7-10-18(13)20)22(27(4,24)25)12-19(23)21-14(2)15-5-8-17(26-3)9-6-15/h5-11,14H,12H2,1-4H3,(H,21,23). The third-order valence-electron chi connectivity index (χ3n) is 4.11. The number of methoxy groups -OCH3 is 1. The van der Waals surface area contributed by atoms with Crippen molar-refractivity contribution in [2.24, 2.45) is 0 Å². The fourth-order valence-electron chi connectivity index (χ4n) is 2.58. The molecular weight excluding hydrogens is 432 g/mol. The summed E-state index contributed by atoms with van der Waals surface area (Å²) in [6.07, 6.45) is 1.09. The zero-order valence-corrected chi connectivity index (χ0v) is 18.1. The maximum Gasteiger partial charge on any atom is 0.241 e. The van der Waals surface area contributed by atoms with Crippen molar-refractivity contribution < 1.29 is 17.9 Å². The molecule has 0 aliphatic rings. The topological polar surface area (TPSA) is 75.7 Å². The summed E-state index contributed by atoms with van der Waals surface area (Å²) in [5, 5.41) is 2.84. The Hall–Kier alpha value is -2.06. The average molecular weight is 455 g/mol. The monoisotopic (exact) mass is 454 g/mol. The number of aryl methyl sites for hydroxylation is 1. The predicted octanol–water partition coefficient (Wildman–Crippen LogP) is 3.41. The van der Waals surface area contributed by atoms with Gasteiger partial charge in [0.15, 0.2) is 0 Å². The van der Waals surface area contributed by atoms with E-state index in [1.54, 1.807) is 25.3 Å². The molecule has 0 aromatic heterocycles. The van der Waals surface area contributed by atoms with Gasteiger partial charge < -0.3 is 10.1 Å². The summed E-state index contributed by atoms with van der Waals surface area (Å²) in [5.41, 5.74) is 2.23. The lowest BCUT2D eigenvalue weighted by atomic mass is 10.1. The molecule has 0 saturated carbocycles. The maximum atomic E-state index is 12.5.